The minimum atomic E-state index is -0.780. The molecule has 3 heterocycles. The van der Waals surface area contributed by atoms with Gasteiger partial charge in [0.25, 0.3) is 5.91 Å². The molecule has 0 spiro atoms. The normalized spacial score (nSPS) is 17.8. The van der Waals surface area contributed by atoms with Crippen LogP contribution in [0.2, 0.25) is 0 Å². The number of amides is 1. The number of benzene rings is 1. The monoisotopic (exact) mass is 471 g/mol. The molecule has 1 amide bonds. The summed E-state index contributed by atoms with van der Waals surface area (Å²) in [5.41, 5.74) is 14.0. The van der Waals surface area contributed by atoms with Gasteiger partial charge in [-0.15, -0.1) is 0 Å². The number of nitrogens with zero attached hydrogens (tertiary/aromatic N) is 3. The van der Waals surface area contributed by atoms with Crippen molar-refractivity contribution in [2.75, 3.05) is 10.6 Å². The van der Waals surface area contributed by atoms with E-state index in [4.69, 9.17) is 11.5 Å². The van der Waals surface area contributed by atoms with Crippen LogP contribution < -0.4 is 22.1 Å². The highest BCUT2D eigenvalue weighted by molar-refractivity contribution is 5.98. The van der Waals surface area contributed by atoms with Crippen LogP contribution in [0.4, 0.5) is 21.7 Å². The van der Waals surface area contributed by atoms with E-state index in [2.05, 4.69) is 25.6 Å². The van der Waals surface area contributed by atoms with Gasteiger partial charge in [-0.2, -0.15) is 0 Å². The van der Waals surface area contributed by atoms with Gasteiger partial charge in [0.1, 0.15) is 5.82 Å². The molecule has 8 nitrogen and oxygen atoms in total. The molecule has 0 aliphatic heterocycles. The fourth-order valence-corrected chi connectivity index (χ4v) is 4.43. The molecule has 1 aliphatic carbocycles. The van der Waals surface area contributed by atoms with E-state index in [1.165, 1.54) is 0 Å². The van der Waals surface area contributed by atoms with E-state index in [9.17, 15) is 9.18 Å². The Labute approximate surface area is 202 Å². The molecule has 1 saturated carbocycles. The van der Waals surface area contributed by atoms with Gasteiger partial charge in [0, 0.05) is 47.3 Å². The SMILES string of the molecule is NC(=O)c1cc(F)c(N[C@@H]2CCCC[C@@H]2N)nc1Nc1ccnc(-c2ccc3cnccc3c2)c1. The number of carbonyl (C=O) groups excluding carboxylic acids is 1. The van der Waals surface area contributed by atoms with Gasteiger partial charge in [-0.3, -0.25) is 14.8 Å². The summed E-state index contributed by atoms with van der Waals surface area (Å²) in [5, 5.41) is 8.32. The third kappa shape index (κ3) is 4.90. The van der Waals surface area contributed by atoms with Crippen molar-refractivity contribution in [2.45, 2.75) is 37.8 Å². The maximum atomic E-state index is 14.8. The smallest absolute Gasteiger partial charge is 0.252 e. The fourth-order valence-electron chi connectivity index (χ4n) is 4.43. The van der Waals surface area contributed by atoms with E-state index in [-0.39, 0.29) is 29.3 Å². The number of nitrogens with two attached hydrogens (primary N) is 2. The molecule has 6 N–H and O–H groups in total. The van der Waals surface area contributed by atoms with Gasteiger partial charge in [0.2, 0.25) is 0 Å². The van der Waals surface area contributed by atoms with Gasteiger partial charge >= 0.3 is 0 Å². The number of hydrogen-bond donors (Lipinski definition) is 4. The van der Waals surface area contributed by atoms with E-state index in [1.807, 2.05) is 36.5 Å². The zero-order valence-electron chi connectivity index (χ0n) is 19.0. The highest BCUT2D eigenvalue weighted by Crippen LogP contribution is 2.29. The first-order valence-corrected chi connectivity index (χ1v) is 11.6. The van der Waals surface area contributed by atoms with E-state index in [0.29, 0.717) is 5.69 Å². The Hall–Kier alpha value is -4.11. The van der Waals surface area contributed by atoms with Gasteiger partial charge in [0.05, 0.1) is 11.3 Å². The van der Waals surface area contributed by atoms with E-state index < -0.39 is 11.7 Å². The van der Waals surface area contributed by atoms with Crippen LogP contribution in [0.3, 0.4) is 0 Å². The van der Waals surface area contributed by atoms with Crippen molar-refractivity contribution in [2.24, 2.45) is 11.5 Å². The number of aromatic nitrogens is 3. The summed E-state index contributed by atoms with van der Waals surface area (Å²) in [6.45, 7) is 0. The van der Waals surface area contributed by atoms with Crippen molar-refractivity contribution in [1.82, 2.24) is 15.0 Å². The maximum absolute atomic E-state index is 14.8. The van der Waals surface area contributed by atoms with E-state index in [0.717, 1.165) is 53.8 Å². The van der Waals surface area contributed by atoms with Crippen LogP contribution in [0.5, 0.6) is 0 Å². The van der Waals surface area contributed by atoms with Gasteiger partial charge in [-0.25, -0.2) is 9.37 Å². The minimum absolute atomic E-state index is 0.0391. The standard InChI is InChI=1S/C26H26FN7O/c27-20-13-19(24(29)35)25(34-26(20)33-22-4-2-1-3-21(22)28)32-18-8-10-31-23(12-18)16-5-6-17-14-30-9-7-15(17)11-16/h5-14,21-22H,1-4,28H2,(H2,29,35)(H2,31,32,33,34)/t21-,22+/m0/s1. The lowest BCUT2D eigenvalue weighted by Gasteiger charge is -2.30. The zero-order chi connectivity index (χ0) is 24.4. The van der Waals surface area contributed by atoms with Crippen molar-refractivity contribution in [3.05, 3.63) is 72.4 Å². The topological polar surface area (TPSA) is 132 Å². The summed E-state index contributed by atoms with van der Waals surface area (Å²) in [6.07, 6.45) is 8.98. The molecule has 3 aromatic heterocycles. The van der Waals surface area contributed by atoms with Crippen molar-refractivity contribution in [3.8, 4) is 11.3 Å². The molecule has 178 valence electrons. The second-order valence-electron chi connectivity index (χ2n) is 8.77. The van der Waals surface area contributed by atoms with E-state index >= 15 is 0 Å². The second-order valence-corrected chi connectivity index (χ2v) is 8.77. The summed E-state index contributed by atoms with van der Waals surface area (Å²) < 4.78 is 14.8. The van der Waals surface area contributed by atoms with Crippen LogP contribution in [0.15, 0.2) is 61.1 Å². The van der Waals surface area contributed by atoms with Crippen LogP contribution in [-0.2, 0) is 0 Å². The lowest BCUT2D eigenvalue weighted by atomic mass is 9.91. The highest BCUT2D eigenvalue weighted by Gasteiger charge is 2.24. The molecule has 0 saturated heterocycles. The average Bonchev–Trinajstić information content (AvgIpc) is 2.87. The van der Waals surface area contributed by atoms with Gasteiger partial charge in [-0.1, -0.05) is 25.0 Å². The average molecular weight is 472 g/mol. The van der Waals surface area contributed by atoms with Crippen LogP contribution in [-0.4, -0.2) is 32.9 Å². The van der Waals surface area contributed by atoms with Crippen molar-refractivity contribution in [1.29, 1.82) is 0 Å². The number of halogens is 1. The molecule has 5 rings (SSSR count). The third-order valence-corrected chi connectivity index (χ3v) is 6.34. The number of carbonyl (C=O) groups is 1. The van der Waals surface area contributed by atoms with Crippen LogP contribution in [0.1, 0.15) is 36.0 Å². The van der Waals surface area contributed by atoms with Crippen LogP contribution in [0, 0.1) is 5.82 Å². The molecular formula is C26H26FN7O. The Morgan fingerprint density at radius 2 is 1.86 bits per heavy atom. The number of fused-ring (bicyclic) bond motifs is 1. The first-order valence-electron chi connectivity index (χ1n) is 11.6. The first kappa shape index (κ1) is 22.7. The maximum Gasteiger partial charge on any atom is 0.252 e. The molecule has 1 fully saturated rings. The van der Waals surface area contributed by atoms with Crippen molar-refractivity contribution in [3.63, 3.8) is 0 Å². The van der Waals surface area contributed by atoms with Gasteiger partial charge in [0.15, 0.2) is 11.6 Å². The van der Waals surface area contributed by atoms with Crippen molar-refractivity contribution >= 4 is 34.0 Å². The third-order valence-electron chi connectivity index (χ3n) is 6.34. The fraction of sp³-hybridized carbons (Fsp3) is 0.231. The zero-order valence-corrected chi connectivity index (χ0v) is 19.0. The van der Waals surface area contributed by atoms with Gasteiger partial charge in [-0.05, 0) is 48.6 Å². The molecule has 4 aromatic rings. The van der Waals surface area contributed by atoms with Crippen LogP contribution in [0.25, 0.3) is 22.0 Å². The molecule has 0 radical (unpaired) electrons. The number of hydrogen-bond acceptors (Lipinski definition) is 7. The molecular weight excluding hydrogens is 445 g/mol. The largest absolute Gasteiger partial charge is 0.365 e. The number of primary amides is 1. The molecule has 0 bridgehead atoms. The molecule has 35 heavy (non-hydrogen) atoms. The van der Waals surface area contributed by atoms with Crippen molar-refractivity contribution < 1.29 is 9.18 Å². The molecule has 1 aromatic carbocycles. The Kier molecular flexibility index (Phi) is 6.24. The first-order chi connectivity index (χ1) is 17.0. The predicted octanol–water partition coefficient (Wildman–Crippen LogP) is 4.36. The lowest BCUT2D eigenvalue weighted by molar-refractivity contribution is 0.100. The number of anilines is 3. The summed E-state index contributed by atoms with van der Waals surface area (Å²) in [7, 11) is 0. The number of rotatable bonds is 6. The second kappa shape index (κ2) is 9.63. The number of pyridine rings is 3. The highest BCUT2D eigenvalue weighted by atomic mass is 19.1. The number of nitrogens with one attached hydrogen (secondary N) is 2. The predicted molar refractivity (Wildman–Crippen MR) is 135 cm³/mol. The molecule has 1 aliphatic rings. The minimum Gasteiger partial charge on any atom is -0.365 e. The lowest BCUT2D eigenvalue weighted by Crippen LogP contribution is -2.43. The Balaban J connectivity index is 1.46. The molecule has 2 atom stereocenters. The Morgan fingerprint density at radius 1 is 1.00 bits per heavy atom. The van der Waals surface area contributed by atoms with Gasteiger partial charge < -0.3 is 22.1 Å². The quantitative estimate of drug-likeness (QED) is 0.329. The molecule has 0 unspecified atom stereocenters. The Morgan fingerprint density at radius 3 is 2.69 bits per heavy atom. The summed E-state index contributed by atoms with van der Waals surface area (Å²) in [4.78, 5) is 25.1. The Bertz CT molecular complexity index is 1390. The molecule has 9 heteroatoms. The summed E-state index contributed by atoms with van der Waals surface area (Å²) in [5.74, 6) is -1.23. The summed E-state index contributed by atoms with van der Waals surface area (Å²) >= 11 is 0. The summed E-state index contributed by atoms with van der Waals surface area (Å²) in [6, 6.07) is 12.4. The van der Waals surface area contributed by atoms with E-state index in [1.54, 1.807) is 18.5 Å². The van der Waals surface area contributed by atoms with Crippen LogP contribution >= 0.6 is 0 Å².